The summed E-state index contributed by atoms with van der Waals surface area (Å²) in [5.74, 6) is 0. The zero-order valence-electron chi connectivity index (χ0n) is 10.6. The molecule has 0 fully saturated rings. The van der Waals surface area contributed by atoms with Gasteiger partial charge in [0, 0.05) is 32.5 Å². The Morgan fingerprint density at radius 2 is 2.18 bits per heavy atom. The van der Waals surface area contributed by atoms with E-state index in [1.165, 1.54) is 0 Å². The maximum atomic E-state index is 8.77. The molecule has 1 unspecified atom stereocenters. The van der Waals surface area contributed by atoms with E-state index in [2.05, 4.69) is 10.4 Å². The fourth-order valence-electron chi connectivity index (χ4n) is 1.60. The van der Waals surface area contributed by atoms with Crippen LogP contribution in [0.5, 0.6) is 0 Å². The van der Waals surface area contributed by atoms with Gasteiger partial charge in [-0.25, -0.2) is 0 Å². The van der Waals surface area contributed by atoms with Crippen LogP contribution in [0.4, 0.5) is 0 Å². The minimum Gasteiger partial charge on any atom is -0.394 e. The van der Waals surface area contributed by atoms with E-state index in [9.17, 15) is 0 Å². The Morgan fingerprint density at radius 3 is 2.76 bits per heavy atom. The lowest BCUT2D eigenvalue weighted by Crippen LogP contribution is -2.39. The molecule has 0 aliphatic carbocycles. The van der Waals surface area contributed by atoms with Crippen molar-refractivity contribution >= 4 is 0 Å². The van der Waals surface area contributed by atoms with Crippen molar-refractivity contribution < 1.29 is 14.6 Å². The van der Waals surface area contributed by atoms with Crippen LogP contribution in [0.2, 0.25) is 0 Å². The summed E-state index contributed by atoms with van der Waals surface area (Å²) in [5, 5.41) is 16.2. The maximum absolute atomic E-state index is 8.77. The number of methoxy groups -OCH3 is 2. The highest BCUT2D eigenvalue weighted by molar-refractivity contribution is 5.03. The monoisotopic (exact) mass is 243 g/mol. The summed E-state index contributed by atoms with van der Waals surface area (Å²) in [6, 6.07) is 0.0891. The SMILES string of the molecule is COC(OC)C(C)NCc1cnn(CCO)c1. The van der Waals surface area contributed by atoms with Crippen molar-refractivity contribution in [3.8, 4) is 0 Å². The van der Waals surface area contributed by atoms with Crippen LogP contribution in [0.1, 0.15) is 12.5 Å². The zero-order chi connectivity index (χ0) is 12.7. The van der Waals surface area contributed by atoms with Crippen molar-refractivity contribution in [2.75, 3.05) is 20.8 Å². The van der Waals surface area contributed by atoms with E-state index in [4.69, 9.17) is 14.6 Å². The Balaban J connectivity index is 2.38. The minimum absolute atomic E-state index is 0.0891. The van der Waals surface area contributed by atoms with Crippen LogP contribution >= 0.6 is 0 Å². The second kappa shape index (κ2) is 7.39. The molecule has 1 aromatic rings. The number of ether oxygens (including phenoxy) is 2. The van der Waals surface area contributed by atoms with E-state index < -0.39 is 0 Å². The third kappa shape index (κ3) is 4.43. The molecule has 0 aliphatic heterocycles. The van der Waals surface area contributed by atoms with Gasteiger partial charge in [0.2, 0.25) is 0 Å². The summed E-state index contributed by atoms with van der Waals surface area (Å²) in [5.41, 5.74) is 1.07. The molecule has 0 aromatic carbocycles. The van der Waals surface area contributed by atoms with E-state index in [1.54, 1.807) is 25.1 Å². The maximum Gasteiger partial charge on any atom is 0.171 e. The van der Waals surface area contributed by atoms with Crippen LogP contribution in [0, 0.1) is 0 Å². The second-order valence-corrected chi connectivity index (χ2v) is 3.84. The minimum atomic E-state index is -0.262. The Bertz CT molecular complexity index is 313. The predicted octanol–water partition coefficient (Wildman–Crippen LogP) is -0.0276. The first-order valence-electron chi connectivity index (χ1n) is 5.62. The lowest BCUT2D eigenvalue weighted by Gasteiger charge is -2.21. The third-order valence-corrected chi connectivity index (χ3v) is 2.52. The molecule has 1 atom stereocenters. The van der Waals surface area contributed by atoms with Crippen molar-refractivity contribution in [1.82, 2.24) is 15.1 Å². The lowest BCUT2D eigenvalue weighted by molar-refractivity contribution is -0.119. The molecule has 0 bridgehead atoms. The number of hydrogen-bond donors (Lipinski definition) is 2. The number of rotatable bonds is 8. The fraction of sp³-hybridized carbons (Fsp3) is 0.727. The quantitative estimate of drug-likeness (QED) is 0.628. The molecule has 1 heterocycles. The van der Waals surface area contributed by atoms with Gasteiger partial charge in [-0.2, -0.15) is 5.10 Å². The number of aliphatic hydroxyl groups is 1. The Kier molecular flexibility index (Phi) is 6.13. The topological polar surface area (TPSA) is 68.5 Å². The molecule has 0 saturated heterocycles. The van der Waals surface area contributed by atoms with Gasteiger partial charge in [0.05, 0.1) is 25.4 Å². The van der Waals surface area contributed by atoms with Gasteiger partial charge in [-0.05, 0) is 6.92 Å². The summed E-state index contributed by atoms with van der Waals surface area (Å²) in [7, 11) is 3.23. The van der Waals surface area contributed by atoms with Crippen LogP contribution in [-0.2, 0) is 22.6 Å². The number of nitrogens with one attached hydrogen (secondary N) is 1. The first-order valence-corrected chi connectivity index (χ1v) is 5.62. The zero-order valence-corrected chi connectivity index (χ0v) is 10.6. The molecule has 1 aromatic heterocycles. The summed E-state index contributed by atoms with van der Waals surface area (Å²) < 4.78 is 12.0. The van der Waals surface area contributed by atoms with Crippen molar-refractivity contribution in [1.29, 1.82) is 0 Å². The van der Waals surface area contributed by atoms with Gasteiger partial charge in [-0.15, -0.1) is 0 Å². The predicted molar refractivity (Wildman–Crippen MR) is 63.4 cm³/mol. The molecule has 0 amide bonds. The molecular formula is C11H21N3O3. The standard InChI is InChI=1S/C11H21N3O3/c1-9(11(16-2)17-3)12-6-10-7-13-14(8-10)4-5-15/h7-9,11-12,15H,4-6H2,1-3H3. The average molecular weight is 243 g/mol. The summed E-state index contributed by atoms with van der Waals surface area (Å²) >= 11 is 0. The lowest BCUT2D eigenvalue weighted by atomic mass is 10.3. The molecule has 98 valence electrons. The highest BCUT2D eigenvalue weighted by Crippen LogP contribution is 2.02. The molecule has 1 rings (SSSR count). The van der Waals surface area contributed by atoms with Crippen molar-refractivity contribution in [3.05, 3.63) is 18.0 Å². The molecule has 0 radical (unpaired) electrons. The van der Waals surface area contributed by atoms with Crippen LogP contribution in [0.3, 0.4) is 0 Å². The third-order valence-electron chi connectivity index (χ3n) is 2.52. The Labute approximate surface area is 102 Å². The second-order valence-electron chi connectivity index (χ2n) is 3.84. The van der Waals surface area contributed by atoms with E-state index >= 15 is 0 Å². The summed E-state index contributed by atoms with van der Waals surface area (Å²) in [6.07, 6.45) is 3.43. The van der Waals surface area contributed by atoms with Gasteiger partial charge >= 0.3 is 0 Å². The highest BCUT2D eigenvalue weighted by Gasteiger charge is 2.14. The van der Waals surface area contributed by atoms with E-state index in [-0.39, 0.29) is 18.9 Å². The number of aromatic nitrogens is 2. The first kappa shape index (κ1) is 14.1. The average Bonchev–Trinajstić information content (AvgIpc) is 2.76. The molecule has 0 spiro atoms. The van der Waals surface area contributed by atoms with Crippen LogP contribution < -0.4 is 5.32 Å². The van der Waals surface area contributed by atoms with Crippen LogP contribution in [0.25, 0.3) is 0 Å². The van der Waals surface area contributed by atoms with Crippen LogP contribution in [-0.4, -0.2) is 48.0 Å². The van der Waals surface area contributed by atoms with Gasteiger partial charge in [-0.1, -0.05) is 0 Å². The van der Waals surface area contributed by atoms with E-state index in [1.807, 2.05) is 13.1 Å². The summed E-state index contributed by atoms with van der Waals surface area (Å²) in [6.45, 7) is 3.31. The van der Waals surface area contributed by atoms with Gasteiger partial charge in [0.25, 0.3) is 0 Å². The normalized spacial score (nSPS) is 13.2. The number of aliphatic hydroxyl groups excluding tert-OH is 1. The smallest absolute Gasteiger partial charge is 0.171 e. The molecule has 6 heteroatoms. The largest absolute Gasteiger partial charge is 0.394 e. The fourth-order valence-corrected chi connectivity index (χ4v) is 1.60. The molecule has 0 aliphatic rings. The molecule has 17 heavy (non-hydrogen) atoms. The molecule has 6 nitrogen and oxygen atoms in total. The molecule has 2 N–H and O–H groups in total. The Morgan fingerprint density at radius 1 is 1.47 bits per heavy atom. The van der Waals surface area contributed by atoms with Crippen molar-refractivity contribution in [3.63, 3.8) is 0 Å². The van der Waals surface area contributed by atoms with Gasteiger partial charge in [0.15, 0.2) is 6.29 Å². The van der Waals surface area contributed by atoms with Crippen LogP contribution in [0.15, 0.2) is 12.4 Å². The Hall–Kier alpha value is -0.950. The van der Waals surface area contributed by atoms with E-state index in [0.717, 1.165) is 5.56 Å². The van der Waals surface area contributed by atoms with Gasteiger partial charge in [0.1, 0.15) is 0 Å². The highest BCUT2D eigenvalue weighted by atomic mass is 16.7. The molecule has 0 saturated carbocycles. The first-order chi connectivity index (χ1) is 8.21. The molecular weight excluding hydrogens is 222 g/mol. The van der Waals surface area contributed by atoms with Gasteiger partial charge < -0.3 is 19.9 Å². The van der Waals surface area contributed by atoms with Crippen molar-refractivity contribution in [2.24, 2.45) is 0 Å². The summed E-state index contributed by atoms with van der Waals surface area (Å²) in [4.78, 5) is 0. The number of hydrogen-bond acceptors (Lipinski definition) is 5. The number of nitrogens with zero attached hydrogens (tertiary/aromatic N) is 2. The van der Waals surface area contributed by atoms with Crippen molar-refractivity contribution in [2.45, 2.75) is 32.3 Å². The van der Waals surface area contributed by atoms with Gasteiger partial charge in [-0.3, -0.25) is 4.68 Å². The van der Waals surface area contributed by atoms with E-state index in [0.29, 0.717) is 13.1 Å².